The summed E-state index contributed by atoms with van der Waals surface area (Å²) in [5.74, 6) is 0. The Balaban J connectivity index is 2.64. The maximum absolute atomic E-state index is 9.37. The fraction of sp³-hybridized carbons (Fsp3) is 0.429. The molecule has 0 amide bonds. The molecule has 0 aliphatic heterocycles. The van der Waals surface area contributed by atoms with E-state index in [1.54, 1.807) is 13.0 Å². The van der Waals surface area contributed by atoms with Crippen LogP contribution >= 0.6 is 0 Å². The quantitative estimate of drug-likeness (QED) is 0.277. The smallest absolute Gasteiger partial charge is 0.389 e. The van der Waals surface area contributed by atoms with Crippen molar-refractivity contribution in [1.82, 2.24) is 10.6 Å². The van der Waals surface area contributed by atoms with Gasteiger partial charge in [0.2, 0.25) is 0 Å². The average Bonchev–Trinajstić information content (AvgIpc) is 2.41. The number of hydrogen-bond acceptors (Lipinski definition) is 5. The van der Waals surface area contributed by atoms with Gasteiger partial charge in [-0.15, -0.1) is 6.58 Å². The molecular weight excluding hydrogens is 272 g/mol. The van der Waals surface area contributed by atoms with Crippen LogP contribution in [0.1, 0.15) is 31.9 Å². The fourth-order valence-electron chi connectivity index (χ4n) is 2.08. The SMILES string of the molecule is C=CC(NC(C)NC(CC)[Si](O)(O)O)c1ccccc1. The number of rotatable bonds is 8. The minimum absolute atomic E-state index is 0.0525. The molecule has 3 atom stereocenters. The highest BCUT2D eigenvalue weighted by molar-refractivity contribution is 6.58. The zero-order valence-electron chi connectivity index (χ0n) is 12.0. The summed E-state index contributed by atoms with van der Waals surface area (Å²) in [7, 11) is -4.17. The van der Waals surface area contributed by atoms with Gasteiger partial charge >= 0.3 is 8.80 Å². The van der Waals surface area contributed by atoms with Gasteiger partial charge in [0.25, 0.3) is 0 Å². The van der Waals surface area contributed by atoms with Gasteiger partial charge in [-0.3, -0.25) is 10.6 Å². The van der Waals surface area contributed by atoms with E-state index in [4.69, 9.17) is 0 Å². The van der Waals surface area contributed by atoms with Crippen LogP contribution in [0.4, 0.5) is 0 Å². The lowest BCUT2D eigenvalue weighted by atomic mass is 10.1. The molecule has 0 heterocycles. The third-order valence-electron chi connectivity index (χ3n) is 3.15. The van der Waals surface area contributed by atoms with Crippen LogP contribution in [0.15, 0.2) is 43.0 Å². The summed E-state index contributed by atoms with van der Waals surface area (Å²) in [5.41, 5.74) is 0.371. The van der Waals surface area contributed by atoms with Crippen molar-refractivity contribution < 1.29 is 14.4 Å². The predicted molar refractivity (Wildman–Crippen MR) is 81.6 cm³/mol. The zero-order chi connectivity index (χ0) is 15.2. The monoisotopic (exact) mass is 296 g/mol. The molecule has 1 aromatic rings. The van der Waals surface area contributed by atoms with Gasteiger partial charge in [-0.25, -0.2) is 0 Å². The van der Waals surface area contributed by atoms with Gasteiger partial charge in [-0.2, -0.15) is 0 Å². The minimum Gasteiger partial charge on any atom is -0.389 e. The van der Waals surface area contributed by atoms with Gasteiger partial charge in [-0.05, 0) is 18.9 Å². The molecule has 20 heavy (non-hydrogen) atoms. The van der Waals surface area contributed by atoms with Crippen LogP contribution in [-0.2, 0) is 0 Å². The summed E-state index contributed by atoms with van der Waals surface area (Å²) in [6.45, 7) is 7.46. The van der Waals surface area contributed by atoms with Gasteiger partial charge in [0.1, 0.15) is 0 Å². The van der Waals surface area contributed by atoms with E-state index in [9.17, 15) is 14.4 Å². The fourth-order valence-corrected chi connectivity index (χ4v) is 3.10. The first-order valence-electron chi connectivity index (χ1n) is 6.75. The van der Waals surface area contributed by atoms with E-state index in [0.717, 1.165) is 5.56 Å². The molecule has 0 fully saturated rings. The van der Waals surface area contributed by atoms with Crippen molar-refractivity contribution in [3.05, 3.63) is 48.6 Å². The molecule has 1 aromatic carbocycles. The summed E-state index contributed by atoms with van der Waals surface area (Å²) < 4.78 is 0. The Hall–Kier alpha value is -1.02. The molecular formula is C14H24N2O3Si. The topological polar surface area (TPSA) is 84.8 Å². The minimum atomic E-state index is -4.17. The van der Waals surface area contributed by atoms with Crippen LogP contribution in [0.5, 0.6) is 0 Å². The summed E-state index contributed by atoms with van der Waals surface area (Å²) in [5, 5.41) is 6.27. The van der Waals surface area contributed by atoms with Crippen LogP contribution in [0.25, 0.3) is 0 Å². The van der Waals surface area contributed by atoms with Crippen molar-refractivity contribution in [2.24, 2.45) is 0 Å². The summed E-state index contributed by atoms with van der Waals surface area (Å²) in [6, 6.07) is 9.78. The molecule has 0 aliphatic carbocycles. The maximum Gasteiger partial charge on any atom is 0.510 e. The molecule has 112 valence electrons. The zero-order valence-corrected chi connectivity index (χ0v) is 13.0. The van der Waals surface area contributed by atoms with Gasteiger partial charge in [0.05, 0.1) is 17.9 Å². The summed E-state index contributed by atoms with van der Waals surface area (Å²) in [4.78, 5) is 28.1. The normalized spacial score (nSPS) is 16.4. The van der Waals surface area contributed by atoms with Crippen LogP contribution in [-0.4, -0.2) is 35.0 Å². The standard InChI is InChI=1S/C14H24N2O3Si/c1-4-13(12-9-7-6-8-10-12)15-11(3)16-14(5-2)20(17,18)19/h4,6-11,13-19H,1,5H2,2-3H3. The van der Waals surface area contributed by atoms with E-state index in [1.807, 2.05) is 37.3 Å². The van der Waals surface area contributed by atoms with E-state index in [2.05, 4.69) is 17.2 Å². The molecule has 1 rings (SSSR count). The highest BCUT2D eigenvalue weighted by Gasteiger charge is 2.38. The molecule has 0 bridgehead atoms. The Morgan fingerprint density at radius 1 is 1.20 bits per heavy atom. The van der Waals surface area contributed by atoms with Crippen LogP contribution in [0.2, 0.25) is 0 Å². The molecule has 5 N–H and O–H groups in total. The van der Waals surface area contributed by atoms with Crippen LogP contribution in [0.3, 0.4) is 0 Å². The van der Waals surface area contributed by atoms with E-state index in [1.165, 1.54) is 0 Å². The third kappa shape index (κ3) is 5.16. The Bertz CT molecular complexity index is 409. The Kier molecular flexibility index (Phi) is 6.54. The average molecular weight is 296 g/mol. The van der Waals surface area contributed by atoms with Crippen LogP contribution in [0, 0.1) is 0 Å². The lowest BCUT2D eigenvalue weighted by Gasteiger charge is -2.28. The third-order valence-corrected chi connectivity index (χ3v) is 4.66. The van der Waals surface area contributed by atoms with Crippen molar-refractivity contribution in [1.29, 1.82) is 0 Å². The van der Waals surface area contributed by atoms with E-state index >= 15 is 0 Å². The second kappa shape index (κ2) is 7.68. The molecule has 6 heteroatoms. The predicted octanol–water partition coefficient (Wildman–Crippen LogP) is 0.672. The number of hydrogen-bond donors (Lipinski definition) is 5. The van der Waals surface area contributed by atoms with Crippen molar-refractivity contribution in [2.45, 2.75) is 38.1 Å². The van der Waals surface area contributed by atoms with Gasteiger partial charge in [0.15, 0.2) is 0 Å². The van der Waals surface area contributed by atoms with Crippen molar-refractivity contribution in [3.63, 3.8) is 0 Å². The second-order valence-corrected chi connectivity index (χ2v) is 6.90. The lowest BCUT2D eigenvalue weighted by Crippen LogP contribution is -2.60. The number of benzene rings is 1. The van der Waals surface area contributed by atoms with Crippen LogP contribution < -0.4 is 10.6 Å². The highest BCUT2D eigenvalue weighted by Crippen LogP contribution is 2.14. The van der Waals surface area contributed by atoms with Crippen molar-refractivity contribution in [2.75, 3.05) is 0 Å². The maximum atomic E-state index is 9.37. The molecule has 0 aliphatic rings. The Labute approximate surface area is 121 Å². The first kappa shape index (κ1) is 17.0. The Morgan fingerprint density at radius 2 is 1.80 bits per heavy atom. The van der Waals surface area contributed by atoms with E-state index < -0.39 is 14.5 Å². The molecule has 0 aromatic heterocycles. The molecule has 0 saturated carbocycles. The van der Waals surface area contributed by atoms with Crippen molar-refractivity contribution >= 4 is 8.80 Å². The molecule has 5 nitrogen and oxygen atoms in total. The highest BCUT2D eigenvalue weighted by atomic mass is 28.4. The molecule has 3 unspecified atom stereocenters. The summed E-state index contributed by atoms with van der Waals surface area (Å²) >= 11 is 0. The van der Waals surface area contributed by atoms with Crippen molar-refractivity contribution in [3.8, 4) is 0 Å². The summed E-state index contributed by atoms with van der Waals surface area (Å²) in [6.07, 6.45) is 2.02. The van der Waals surface area contributed by atoms with Gasteiger partial charge in [0, 0.05) is 0 Å². The first-order chi connectivity index (χ1) is 9.38. The first-order valence-corrected chi connectivity index (χ1v) is 8.67. The number of nitrogens with one attached hydrogen (secondary N) is 2. The van der Waals surface area contributed by atoms with E-state index in [-0.39, 0.29) is 12.2 Å². The Morgan fingerprint density at radius 3 is 2.25 bits per heavy atom. The largest absolute Gasteiger partial charge is 0.510 e. The van der Waals surface area contributed by atoms with Gasteiger partial charge in [-0.1, -0.05) is 43.3 Å². The molecule has 0 saturated heterocycles. The molecule has 0 radical (unpaired) electrons. The van der Waals surface area contributed by atoms with E-state index in [0.29, 0.717) is 6.42 Å². The van der Waals surface area contributed by atoms with Gasteiger partial charge < -0.3 is 14.4 Å². The lowest BCUT2D eigenvalue weighted by molar-refractivity contribution is 0.193. The second-order valence-electron chi connectivity index (χ2n) is 4.83. The molecule has 0 spiro atoms.